The van der Waals surface area contributed by atoms with E-state index < -0.39 is 40.3 Å². The number of sulfone groups is 1. The molecule has 0 rings (SSSR count). The molecule has 9 nitrogen and oxygen atoms in total. The molecule has 0 bridgehead atoms. The van der Waals surface area contributed by atoms with Crippen LogP contribution in [0.25, 0.3) is 0 Å². The number of carboxylic acids is 1. The minimum atomic E-state index is -3.32. The first-order chi connectivity index (χ1) is 8.11. The highest BCUT2D eigenvalue weighted by Gasteiger charge is 2.21. The predicted octanol–water partition coefficient (Wildman–Crippen LogP) is -2.34. The zero-order valence-electron chi connectivity index (χ0n) is 9.67. The van der Waals surface area contributed by atoms with Gasteiger partial charge in [-0.3, -0.25) is 4.79 Å². The number of hydrogen-bond donors (Lipinski definition) is 4. The first-order valence-electron chi connectivity index (χ1n) is 4.85. The number of urea groups is 1. The van der Waals surface area contributed by atoms with Gasteiger partial charge in [-0.15, -0.1) is 0 Å². The van der Waals surface area contributed by atoms with Gasteiger partial charge in [0.1, 0.15) is 15.9 Å². The first kappa shape index (κ1) is 16.2. The normalized spacial score (nSPS) is 12.5. The summed E-state index contributed by atoms with van der Waals surface area (Å²) in [6.07, 6.45) is 0.692. The summed E-state index contributed by atoms with van der Waals surface area (Å²) in [5.41, 5.74) is 4.77. The van der Waals surface area contributed by atoms with Crippen LogP contribution in [-0.4, -0.2) is 56.0 Å². The summed E-state index contributed by atoms with van der Waals surface area (Å²) >= 11 is 0. The number of amides is 3. The number of rotatable bonds is 7. The summed E-state index contributed by atoms with van der Waals surface area (Å²) in [5.74, 6) is -2.53. The Hall–Kier alpha value is -1.84. The highest BCUT2D eigenvalue weighted by molar-refractivity contribution is 7.90. The molecule has 0 aliphatic carbocycles. The molecule has 104 valence electrons. The lowest BCUT2D eigenvalue weighted by molar-refractivity contribution is -0.139. The highest BCUT2D eigenvalue weighted by atomic mass is 32.2. The third-order valence-corrected chi connectivity index (χ3v) is 2.78. The van der Waals surface area contributed by atoms with E-state index in [0.717, 1.165) is 6.26 Å². The molecule has 3 amide bonds. The third kappa shape index (κ3) is 8.33. The molecule has 0 spiro atoms. The smallest absolute Gasteiger partial charge is 0.326 e. The summed E-state index contributed by atoms with van der Waals surface area (Å²) in [4.78, 5) is 32.3. The van der Waals surface area contributed by atoms with Crippen molar-refractivity contribution in [2.75, 3.05) is 18.6 Å². The van der Waals surface area contributed by atoms with E-state index in [1.54, 1.807) is 0 Å². The molecule has 0 aromatic rings. The number of hydrogen-bond acceptors (Lipinski definition) is 5. The van der Waals surface area contributed by atoms with Crippen LogP contribution in [0, 0.1) is 0 Å². The van der Waals surface area contributed by atoms with Crippen LogP contribution < -0.4 is 16.4 Å². The maximum atomic E-state index is 11.1. The van der Waals surface area contributed by atoms with E-state index in [4.69, 9.17) is 10.8 Å². The van der Waals surface area contributed by atoms with Gasteiger partial charge >= 0.3 is 12.0 Å². The molecule has 0 saturated carbocycles. The molecule has 18 heavy (non-hydrogen) atoms. The Labute approximate surface area is 104 Å². The van der Waals surface area contributed by atoms with Crippen molar-refractivity contribution in [2.45, 2.75) is 12.5 Å². The summed E-state index contributed by atoms with van der Waals surface area (Å²) in [6.45, 7) is -0.440. The number of carbonyl (C=O) groups excluding carboxylic acids is 2. The van der Waals surface area contributed by atoms with E-state index in [0.29, 0.717) is 0 Å². The van der Waals surface area contributed by atoms with Crippen LogP contribution in [0.15, 0.2) is 0 Å². The van der Waals surface area contributed by atoms with Crippen molar-refractivity contribution in [2.24, 2.45) is 5.73 Å². The van der Waals surface area contributed by atoms with Gasteiger partial charge in [0.15, 0.2) is 0 Å². The lowest BCUT2D eigenvalue weighted by atomic mass is 10.2. The van der Waals surface area contributed by atoms with Crippen molar-refractivity contribution >= 4 is 27.7 Å². The molecule has 0 fully saturated rings. The average Bonchev–Trinajstić information content (AvgIpc) is 2.19. The topological polar surface area (TPSA) is 156 Å². The Balaban J connectivity index is 4.32. The summed E-state index contributed by atoms with van der Waals surface area (Å²) < 4.78 is 21.8. The van der Waals surface area contributed by atoms with Crippen LogP contribution in [0.4, 0.5) is 4.79 Å². The Kier molecular flexibility index (Phi) is 6.09. The second-order valence-electron chi connectivity index (χ2n) is 3.60. The van der Waals surface area contributed by atoms with Gasteiger partial charge in [-0.05, 0) is 6.42 Å². The fourth-order valence-corrected chi connectivity index (χ4v) is 1.63. The van der Waals surface area contributed by atoms with E-state index in [9.17, 15) is 22.8 Å². The minimum absolute atomic E-state index is 0.266. The monoisotopic (exact) mass is 281 g/mol. The number of primary amides is 1. The Morgan fingerprint density at radius 3 is 2.28 bits per heavy atom. The molecule has 1 atom stereocenters. The average molecular weight is 281 g/mol. The van der Waals surface area contributed by atoms with Crippen LogP contribution >= 0.6 is 0 Å². The molecule has 0 radical (unpaired) electrons. The third-order valence-electron chi connectivity index (χ3n) is 1.80. The Bertz CT molecular complexity index is 432. The van der Waals surface area contributed by atoms with E-state index in [1.165, 1.54) is 0 Å². The van der Waals surface area contributed by atoms with Crippen LogP contribution in [0.3, 0.4) is 0 Å². The molecular weight excluding hydrogens is 266 g/mol. The van der Waals surface area contributed by atoms with Crippen molar-refractivity contribution in [3.05, 3.63) is 0 Å². The van der Waals surface area contributed by atoms with Crippen LogP contribution in [0.5, 0.6) is 0 Å². The number of nitrogens with one attached hydrogen (secondary N) is 2. The summed E-state index contributed by atoms with van der Waals surface area (Å²) in [7, 11) is -3.32. The van der Waals surface area contributed by atoms with Crippen molar-refractivity contribution in [3.63, 3.8) is 0 Å². The number of carboxylic acid groups (broad SMARTS) is 1. The fourth-order valence-electron chi connectivity index (χ4n) is 0.966. The van der Waals surface area contributed by atoms with Crippen molar-refractivity contribution in [3.8, 4) is 0 Å². The van der Waals surface area contributed by atoms with Gasteiger partial charge in [-0.1, -0.05) is 0 Å². The Morgan fingerprint density at radius 2 is 1.89 bits per heavy atom. The Morgan fingerprint density at radius 1 is 1.33 bits per heavy atom. The molecule has 0 aromatic carbocycles. The minimum Gasteiger partial charge on any atom is -0.480 e. The van der Waals surface area contributed by atoms with Gasteiger partial charge in [-0.25, -0.2) is 18.0 Å². The van der Waals surface area contributed by atoms with Crippen molar-refractivity contribution < 1.29 is 27.9 Å². The summed E-state index contributed by atoms with van der Waals surface area (Å²) in [5, 5.41) is 12.8. The van der Waals surface area contributed by atoms with Gasteiger partial charge in [-0.2, -0.15) is 0 Å². The molecule has 0 saturated heterocycles. The van der Waals surface area contributed by atoms with Gasteiger partial charge in [0.2, 0.25) is 5.91 Å². The molecule has 10 heteroatoms. The summed E-state index contributed by atoms with van der Waals surface area (Å²) in [6, 6.07) is -2.26. The van der Waals surface area contributed by atoms with Crippen molar-refractivity contribution in [1.29, 1.82) is 0 Å². The number of nitrogens with two attached hydrogens (primary N) is 1. The molecule has 5 N–H and O–H groups in total. The van der Waals surface area contributed by atoms with Gasteiger partial charge in [0.05, 0.1) is 12.3 Å². The predicted molar refractivity (Wildman–Crippen MR) is 61.5 cm³/mol. The van der Waals surface area contributed by atoms with Crippen molar-refractivity contribution in [1.82, 2.24) is 10.6 Å². The fraction of sp³-hybridized carbons (Fsp3) is 0.625. The van der Waals surface area contributed by atoms with Crippen LogP contribution in [-0.2, 0) is 19.4 Å². The van der Waals surface area contributed by atoms with E-state index >= 15 is 0 Å². The quantitative estimate of drug-likeness (QED) is 0.409. The maximum absolute atomic E-state index is 11.1. The molecular formula is C8H15N3O6S. The second-order valence-corrected chi connectivity index (χ2v) is 5.86. The lowest BCUT2D eigenvalue weighted by Gasteiger charge is -2.14. The zero-order chi connectivity index (χ0) is 14.3. The molecule has 0 aliphatic rings. The SMILES string of the molecule is CS(=O)(=O)CCC(NC(=O)NCC(N)=O)C(=O)O. The van der Waals surface area contributed by atoms with E-state index in [-0.39, 0.29) is 12.2 Å². The number of carbonyl (C=O) groups is 3. The van der Waals surface area contributed by atoms with E-state index in [2.05, 4.69) is 0 Å². The standard InChI is InChI=1S/C8H15N3O6S/c1-18(16,17)3-2-5(7(13)14)11-8(15)10-4-6(9)12/h5H,2-4H2,1H3,(H2,9,12)(H,13,14)(H2,10,11,15). The molecule has 1 unspecified atom stereocenters. The highest BCUT2D eigenvalue weighted by Crippen LogP contribution is 1.97. The molecule has 0 aromatic heterocycles. The maximum Gasteiger partial charge on any atom is 0.326 e. The van der Waals surface area contributed by atoms with E-state index in [1.807, 2.05) is 10.6 Å². The van der Waals surface area contributed by atoms with Gasteiger partial charge in [0.25, 0.3) is 0 Å². The van der Waals surface area contributed by atoms with Crippen LogP contribution in [0.2, 0.25) is 0 Å². The van der Waals surface area contributed by atoms with Crippen LogP contribution in [0.1, 0.15) is 6.42 Å². The molecule has 0 aliphatic heterocycles. The van der Waals surface area contributed by atoms with Gasteiger partial charge in [0, 0.05) is 6.26 Å². The number of aliphatic carboxylic acids is 1. The largest absolute Gasteiger partial charge is 0.480 e. The lowest BCUT2D eigenvalue weighted by Crippen LogP contribution is -2.48. The molecule has 0 heterocycles. The zero-order valence-corrected chi connectivity index (χ0v) is 10.5. The van der Waals surface area contributed by atoms with Gasteiger partial charge < -0.3 is 21.5 Å². The second kappa shape index (κ2) is 6.79. The first-order valence-corrected chi connectivity index (χ1v) is 6.91.